The molecule has 2 aromatic rings. The van der Waals surface area contributed by atoms with Crippen LogP contribution in [0.5, 0.6) is 5.75 Å². The molecular formula is C25H35BrCl2F3N5O. The van der Waals surface area contributed by atoms with E-state index in [0.717, 1.165) is 56.8 Å². The number of halogens is 6. The van der Waals surface area contributed by atoms with Crippen molar-refractivity contribution in [1.29, 1.82) is 0 Å². The van der Waals surface area contributed by atoms with Crippen molar-refractivity contribution < 1.29 is 17.9 Å². The van der Waals surface area contributed by atoms with Gasteiger partial charge in [0.25, 0.3) is 0 Å². The van der Waals surface area contributed by atoms with Crippen LogP contribution < -0.4 is 20.3 Å². The van der Waals surface area contributed by atoms with Crippen LogP contribution in [0.3, 0.4) is 0 Å². The van der Waals surface area contributed by atoms with E-state index in [0.29, 0.717) is 28.5 Å². The summed E-state index contributed by atoms with van der Waals surface area (Å²) in [5.74, 6) is 2.06. The van der Waals surface area contributed by atoms with Crippen LogP contribution in [0.15, 0.2) is 22.7 Å². The first kappa shape index (κ1) is 31.7. The summed E-state index contributed by atoms with van der Waals surface area (Å²) in [4.78, 5) is 11.7. The fourth-order valence-corrected chi connectivity index (χ4v) is 5.35. The van der Waals surface area contributed by atoms with Gasteiger partial charge < -0.3 is 20.3 Å². The molecule has 0 atom stereocenters. The zero-order chi connectivity index (χ0) is 25.0. The number of ether oxygens (including phenoxy) is 1. The van der Waals surface area contributed by atoms with Gasteiger partial charge >= 0.3 is 6.36 Å². The Morgan fingerprint density at radius 2 is 1.76 bits per heavy atom. The minimum atomic E-state index is -4.71. The average Bonchev–Trinajstić information content (AvgIpc) is 2.80. The molecule has 0 bridgehead atoms. The van der Waals surface area contributed by atoms with Crippen molar-refractivity contribution in [3.63, 3.8) is 0 Å². The van der Waals surface area contributed by atoms with Gasteiger partial charge in [-0.15, -0.1) is 38.0 Å². The van der Waals surface area contributed by atoms with Gasteiger partial charge in [-0.25, -0.2) is 4.98 Å². The largest absolute Gasteiger partial charge is 0.573 e. The molecule has 1 aromatic heterocycles. The van der Waals surface area contributed by atoms with Gasteiger partial charge in [-0.05, 0) is 76.0 Å². The van der Waals surface area contributed by atoms with Crippen LogP contribution in [-0.4, -0.2) is 43.0 Å². The lowest BCUT2D eigenvalue weighted by Crippen LogP contribution is -2.32. The Balaban J connectivity index is 0.00000241. The average molecular weight is 629 g/mol. The van der Waals surface area contributed by atoms with Crippen LogP contribution in [0, 0.1) is 5.92 Å². The van der Waals surface area contributed by atoms with E-state index in [1.165, 1.54) is 30.2 Å². The predicted octanol–water partition coefficient (Wildman–Crippen LogP) is 6.69. The number of fused-ring (bicyclic) bond motifs is 1. The van der Waals surface area contributed by atoms with E-state index < -0.39 is 6.36 Å². The molecule has 2 N–H and O–H groups in total. The van der Waals surface area contributed by atoms with E-state index in [1.54, 1.807) is 12.1 Å². The summed E-state index contributed by atoms with van der Waals surface area (Å²) in [7, 11) is 4.07. The number of hydrogen-bond acceptors (Lipinski definition) is 6. The molecule has 0 radical (unpaired) electrons. The Labute approximate surface area is 237 Å². The van der Waals surface area contributed by atoms with Crippen molar-refractivity contribution in [3.05, 3.63) is 39.5 Å². The van der Waals surface area contributed by atoms with Gasteiger partial charge in [-0.1, -0.05) is 22.0 Å². The first-order valence-corrected chi connectivity index (χ1v) is 13.1. The number of benzene rings is 1. The standard InChI is InChI=1S/C25H33BrF3N5O.2ClH/c1-34(2)23-20-5-3-4-6-21(20)32-24(33-23)31-19-11-7-16(8-12-19)14-30-15-17-9-10-18(26)13-22(17)35-25(27,28)29;;/h9-10,13,16,19,30H,3-8,11-12,14-15H2,1-2H3,(H,31,32,33);2*1H. The van der Waals surface area contributed by atoms with E-state index in [4.69, 9.17) is 9.97 Å². The monoisotopic (exact) mass is 627 g/mol. The third-order valence-electron chi connectivity index (χ3n) is 6.77. The molecule has 0 saturated heterocycles. The maximum atomic E-state index is 12.7. The smallest absolute Gasteiger partial charge is 0.405 e. The molecule has 6 nitrogen and oxygen atoms in total. The minimum absolute atomic E-state index is 0. The SMILES string of the molecule is CN(C)c1nc(NC2CCC(CNCc3ccc(Br)cc3OC(F)(F)F)CC2)nc2c1CCCC2.Cl.Cl. The Morgan fingerprint density at radius 1 is 1.05 bits per heavy atom. The van der Waals surface area contributed by atoms with Crippen LogP contribution in [0.1, 0.15) is 55.3 Å². The van der Waals surface area contributed by atoms with Gasteiger partial charge in [0.15, 0.2) is 0 Å². The Bertz CT molecular complexity index is 1020. The summed E-state index contributed by atoms with van der Waals surface area (Å²) in [5.41, 5.74) is 2.95. The highest BCUT2D eigenvalue weighted by atomic mass is 79.9. The van der Waals surface area contributed by atoms with Crippen molar-refractivity contribution in [2.75, 3.05) is 30.9 Å². The van der Waals surface area contributed by atoms with E-state index in [1.807, 2.05) is 14.1 Å². The topological polar surface area (TPSA) is 62.3 Å². The van der Waals surface area contributed by atoms with E-state index in [9.17, 15) is 13.2 Å². The molecule has 4 rings (SSSR count). The third-order valence-corrected chi connectivity index (χ3v) is 7.26. The van der Waals surface area contributed by atoms with Crippen molar-refractivity contribution >= 4 is 52.5 Å². The first-order valence-electron chi connectivity index (χ1n) is 12.3. The number of nitrogens with zero attached hydrogens (tertiary/aromatic N) is 3. The highest BCUT2D eigenvalue weighted by Gasteiger charge is 2.32. The van der Waals surface area contributed by atoms with Gasteiger partial charge in [0, 0.05) is 42.3 Å². The fraction of sp³-hybridized carbons (Fsp3) is 0.600. The first-order chi connectivity index (χ1) is 16.7. The number of anilines is 2. The Kier molecular flexibility index (Phi) is 12.1. The van der Waals surface area contributed by atoms with Crippen LogP contribution in [0.2, 0.25) is 0 Å². The highest BCUT2D eigenvalue weighted by molar-refractivity contribution is 9.10. The fourth-order valence-electron chi connectivity index (χ4n) is 5.01. The molecule has 37 heavy (non-hydrogen) atoms. The molecule has 1 heterocycles. The maximum Gasteiger partial charge on any atom is 0.573 e. The Morgan fingerprint density at radius 3 is 2.43 bits per heavy atom. The molecule has 0 spiro atoms. The van der Waals surface area contributed by atoms with Crippen LogP contribution >= 0.6 is 40.7 Å². The molecule has 1 fully saturated rings. The van der Waals surface area contributed by atoms with Crippen molar-refractivity contribution in [1.82, 2.24) is 15.3 Å². The lowest BCUT2D eigenvalue weighted by Gasteiger charge is -2.30. The van der Waals surface area contributed by atoms with Gasteiger partial charge in [0.1, 0.15) is 11.6 Å². The molecule has 208 valence electrons. The third kappa shape index (κ3) is 9.04. The second-order valence-electron chi connectivity index (χ2n) is 9.69. The van der Waals surface area contributed by atoms with Gasteiger partial charge in [-0.2, -0.15) is 4.98 Å². The zero-order valence-corrected chi connectivity index (χ0v) is 24.3. The summed E-state index contributed by atoms with van der Waals surface area (Å²) in [6.45, 7) is 1.08. The zero-order valence-electron chi connectivity index (χ0n) is 21.0. The summed E-state index contributed by atoms with van der Waals surface area (Å²) in [6.07, 6.45) is 3.85. The van der Waals surface area contributed by atoms with Crippen LogP contribution in [-0.2, 0) is 19.4 Å². The lowest BCUT2D eigenvalue weighted by atomic mass is 9.86. The summed E-state index contributed by atoms with van der Waals surface area (Å²) in [6, 6.07) is 5.06. The Hall–Kier alpha value is -1.49. The number of aromatic nitrogens is 2. The number of alkyl halides is 3. The predicted molar refractivity (Wildman–Crippen MR) is 149 cm³/mol. The number of nitrogens with one attached hydrogen (secondary N) is 2. The summed E-state index contributed by atoms with van der Waals surface area (Å²) >= 11 is 3.21. The summed E-state index contributed by atoms with van der Waals surface area (Å²) in [5, 5.41) is 6.89. The molecular weight excluding hydrogens is 594 g/mol. The summed E-state index contributed by atoms with van der Waals surface area (Å²) < 4.78 is 42.9. The van der Waals surface area contributed by atoms with Gasteiger partial charge in [0.2, 0.25) is 5.95 Å². The second kappa shape index (κ2) is 14.1. The van der Waals surface area contributed by atoms with Crippen LogP contribution in [0.25, 0.3) is 0 Å². The molecule has 2 aliphatic rings. The van der Waals surface area contributed by atoms with Gasteiger partial charge in [0.05, 0.1) is 5.69 Å². The molecule has 12 heteroatoms. The second-order valence-corrected chi connectivity index (χ2v) is 10.6. The van der Waals surface area contributed by atoms with Crippen LogP contribution in [0.4, 0.5) is 24.9 Å². The number of hydrogen-bond donors (Lipinski definition) is 2. The number of aryl methyl sites for hydroxylation is 1. The molecule has 1 aromatic carbocycles. The van der Waals surface area contributed by atoms with Crippen molar-refractivity contribution in [2.24, 2.45) is 5.92 Å². The van der Waals surface area contributed by atoms with Crippen molar-refractivity contribution in [3.8, 4) is 5.75 Å². The molecule has 2 aliphatic carbocycles. The number of rotatable bonds is 8. The molecule has 0 aliphatic heterocycles. The van der Waals surface area contributed by atoms with Gasteiger partial charge in [-0.3, -0.25) is 0 Å². The quantitative estimate of drug-likeness (QED) is 0.340. The molecule has 0 amide bonds. The normalized spacial score (nSPS) is 19.2. The molecule has 1 saturated carbocycles. The maximum absolute atomic E-state index is 12.7. The van der Waals surface area contributed by atoms with E-state index in [-0.39, 0.29) is 30.6 Å². The minimum Gasteiger partial charge on any atom is -0.405 e. The van der Waals surface area contributed by atoms with Crippen molar-refractivity contribution in [2.45, 2.75) is 70.3 Å². The highest BCUT2D eigenvalue weighted by Crippen LogP contribution is 2.31. The lowest BCUT2D eigenvalue weighted by molar-refractivity contribution is -0.274. The van der Waals surface area contributed by atoms with E-state index >= 15 is 0 Å². The molecule has 0 unspecified atom stereocenters. The van der Waals surface area contributed by atoms with E-state index in [2.05, 4.69) is 36.2 Å².